The molecule has 0 aliphatic carbocycles. The minimum Gasteiger partial charge on any atom is -0.301 e. The maximum Gasteiger partial charge on any atom is 0.254 e. The minimum absolute atomic E-state index is 0.0205. The van der Waals surface area contributed by atoms with E-state index in [0.717, 1.165) is 33.6 Å². The molecule has 1 unspecified atom stereocenters. The highest BCUT2D eigenvalue weighted by Crippen LogP contribution is 2.31. The number of para-hydroxylation sites is 1. The molecule has 4 rings (SSSR count). The largest absolute Gasteiger partial charge is 0.301 e. The molecule has 1 heterocycles. The maximum atomic E-state index is 13.7. The lowest BCUT2D eigenvalue weighted by Crippen LogP contribution is -2.60. The van der Waals surface area contributed by atoms with Crippen molar-refractivity contribution in [1.82, 2.24) is 0 Å². The summed E-state index contributed by atoms with van der Waals surface area (Å²) < 4.78 is 0. The lowest BCUT2D eigenvalue weighted by Gasteiger charge is -2.40. The van der Waals surface area contributed by atoms with Crippen molar-refractivity contribution in [3.63, 3.8) is 0 Å². The Kier molecular flexibility index (Phi) is 5.72. The molecule has 4 nitrogen and oxygen atoms in total. The molecule has 0 N–H and O–H groups in total. The van der Waals surface area contributed by atoms with E-state index in [1.54, 1.807) is 9.80 Å². The standard InChI is InChI=1S/C27H26N2O2/c1-19-13-15-24(21(3)17-19)29-25(16-14-22-10-5-4-6-11-22)27(31)28(18-26(29)30)23-12-8-7-9-20(23)2/h4-17,25H,18H2,1-3H3/b16-14+. The predicted octanol–water partition coefficient (Wildman–Crippen LogP) is 5.07. The summed E-state index contributed by atoms with van der Waals surface area (Å²) in [5, 5.41) is 0. The Morgan fingerprint density at radius 3 is 2.23 bits per heavy atom. The van der Waals surface area contributed by atoms with Crippen LogP contribution in [0.25, 0.3) is 6.08 Å². The number of hydrogen-bond donors (Lipinski definition) is 0. The second-order valence-electron chi connectivity index (χ2n) is 7.98. The predicted molar refractivity (Wildman–Crippen MR) is 126 cm³/mol. The number of nitrogens with zero attached hydrogens (tertiary/aromatic N) is 2. The highest BCUT2D eigenvalue weighted by atomic mass is 16.2. The molecule has 3 aromatic rings. The van der Waals surface area contributed by atoms with Crippen LogP contribution in [0.4, 0.5) is 11.4 Å². The number of amides is 2. The zero-order chi connectivity index (χ0) is 22.0. The van der Waals surface area contributed by atoms with Crippen LogP contribution in [0, 0.1) is 20.8 Å². The van der Waals surface area contributed by atoms with Crippen molar-refractivity contribution >= 4 is 29.3 Å². The van der Waals surface area contributed by atoms with Crippen molar-refractivity contribution < 1.29 is 9.59 Å². The van der Waals surface area contributed by atoms with Crippen molar-refractivity contribution in [2.45, 2.75) is 26.8 Å². The summed E-state index contributed by atoms with van der Waals surface area (Å²) in [5.41, 5.74) is 5.60. The molecular formula is C27H26N2O2. The number of anilines is 2. The van der Waals surface area contributed by atoms with Gasteiger partial charge in [0.2, 0.25) is 5.91 Å². The van der Waals surface area contributed by atoms with E-state index in [0.29, 0.717) is 0 Å². The fourth-order valence-electron chi connectivity index (χ4n) is 4.08. The molecule has 4 heteroatoms. The van der Waals surface area contributed by atoms with E-state index >= 15 is 0 Å². The van der Waals surface area contributed by atoms with E-state index in [2.05, 4.69) is 0 Å². The molecule has 1 aliphatic heterocycles. The van der Waals surface area contributed by atoms with Gasteiger partial charge in [-0.3, -0.25) is 14.5 Å². The van der Waals surface area contributed by atoms with Crippen LogP contribution in [0.2, 0.25) is 0 Å². The molecule has 0 aromatic heterocycles. The van der Waals surface area contributed by atoms with Gasteiger partial charge in [-0.25, -0.2) is 0 Å². The molecule has 2 amide bonds. The van der Waals surface area contributed by atoms with Crippen LogP contribution in [0.5, 0.6) is 0 Å². The van der Waals surface area contributed by atoms with Crippen molar-refractivity contribution in [2.75, 3.05) is 16.3 Å². The first-order valence-electron chi connectivity index (χ1n) is 10.5. The summed E-state index contributed by atoms with van der Waals surface area (Å²) in [6, 6.07) is 22.7. The third-order valence-electron chi connectivity index (χ3n) is 5.65. The molecule has 3 aromatic carbocycles. The Balaban J connectivity index is 1.79. The summed E-state index contributed by atoms with van der Waals surface area (Å²) in [4.78, 5) is 30.3. The Hall–Kier alpha value is -3.66. The smallest absolute Gasteiger partial charge is 0.254 e. The summed E-state index contributed by atoms with van der Waals surface area (Å²) in [5.74, 6) is -0.210. The first kappa shape index (κ1) is 20.6. The number of benzene rings is 3. The van der Waals surface area contributed by atoms with E-state index in [4.69, 9.17) is 0 Å². The average Bonchev–Trinajstić information content (AvgIpc) is 2.76. The number of carbonyl (C=O) groups is 2. The molecular weight excluding hydrogens is 384 g/mol. The molecule has 0 radical (unpaired) electrons. The van der Waals surface area contributed by atoms with Crippen molar-refractivity contribution in [1.29, 1.82) is 0 Å². The fraction of sp³-hybridized carbons (Fsp3) is 0.185. The van der Waals surface area contributed by atoms with E-state index in [9.17, 15) is 9.59 Å². The van der Waals surface area contributed by atoms with E-state index in [1.165, 1.54) is 0 Å². The van der Waals surface area contributed by atoms with Crippen molar-refractivity contribution in [2.24, 2.45) is 0 Å². The van der Waals surface area contributed by atoms with E-state index < -0.39 is 6.04 Å². The van der Waals surface area contributed by atoms with Crippen LogP contribution >= 0.6 is 0 Å². The highest BCUT2D eigenvalue weighted by molar-refractivity contribution is 6.15. The molecule has 0 saturated carbocycles. The molecule has 0 bridgehead atoms. The number of hydrogen-bond acceptors (Lipinski definition) is 2. The van der Waals surface area contributed by atoms with Crippen LogP contribution in [0.3, 0.4) is 0 Å². The monoisotopic (exact) mass is 410 g/mol. The Morgan fingerprint density at radius 2 is 1.52 bits per heavy atom. The molecule has 0 spiro atoms. The SMILES string of the molecule is Cc1ccc(N2C(=O)CN(c3ccccc3C)C(=O)C2/C=C/c2ccccc2)c(C)c1. The first-order chi connectivity index (χ1) is 15.0. The maximum absolute atomic E-state index is 13.7. The third kappa shape index (κ3) is 4.15. The Morgan fingerprint density at radius 1 is 0.806 bits per heavy atom. The van der Waals surface area contributed by atoms with Crippen molar-refractivity contribution in [3.8, 4) is 0 Å². The van der Waals surface area contributed by atoms with Gasteiger partial charge in [0.1, 0.15) is 12.6 Å². The van der Waals surface area contributed by atoms with Gasteiger partial charge in [0.15, 0.2) is 0 Å². The zero-order valence-corrected chi connectivity index (χ0v) is 18.1. The summed E-state index contributed by atoms with van der Waals surface area (Å²) in [6.45, 7) is 5.98. The van der Waals surface area contributed by atoms with Gasteiger partial charge in [-0.1, -0.05) is 78.4 Å². The number of rotatable bonds is 4. The van der Waals surface area contributed by atoms with Gasteiger partial charge < -0.3 is 4.90 Å². The second-order valence-corrected chi connectivity index (χ2v) is 7.98. The number of carbonyl (C=O) groups excluding carboxylic acids is 2. The quantitative estimate of drug-likeness (QED) is 0.602. The minimum atomic E-state index is -0.720. The van der Waals surface area contributed by atoms with Crippen LogP contribution < -0.4 is 9.80 Å². The van der Waals surface area contributed by atoms with Crippen molar-refractivity contribution in [3.05, 3.63) is 101 Å². The van der Waals surface area contributed by atoms with Gasteiger partial charge in [-0.05, 0) is 49.6 Å². The average molecular weight is 411 g/mol. The Labute approximate surface area is 183 Å². The molecule has 1 aliphatic rings. The highest BCUT2D eigenvalue weighted by Gasteiger charge is 2.40. The van der Waals surface area contributed by atoms with Crippen LogP contribution in [-0.4, -0.2) is 24.4 Å². The number of aryl methyl sites for hydroxylation is 3. The lowest BCUT2D eigenvalue weighted by atomic mass is 10.0. The second kappa shape index (κ2) is 8.60. The topological polar surface area (TPSA) is 40.6 Å². The van der Waals surface area contributed by atoms with Gasteiger partial charge in [-0.15, -0.1) is 0 Å². The third-order valence-corrected chi connectivity index (χ3v) is 5.65. The number of piperazine rings is 1. The van der Waals surface area contributed by atoms with E-state index in [1.807, 2.05) is 106 Å². The van der Waals surface area contributed by atoms with Crippen LogP contribution in [0.1, 0.15) is 22.3 Å². The van der Waals surface area contributed by atoms with Gasteiger partial charge in [-0.2, -0.15) is 0 Å². The molecule has 1 saturated heterocycles. The van der Waals surface area contributed by atoms with Gasteiger partial charge >= 0.3 is 0 Å². The van der Waals surface area contributed by atoms with Gasteiger partial charge in [0, 0.05) is 11.4 Å². The molecule has 1 fully saturated rings. The zero-order valence-electron chi connectivity index (χ0n) is 18.1. The summed E-state index contributed by atoms with van der Waals surface area (Å²) in [6.07, 6.45) is 3.74. The first-order valence-corrected chi connectivity index (χ1v) is 10.5. The normalized spacial score (nSPS) is 16.9. The molecule has 31 heavy (non-hydrogen) atoms. The van der Waals surface area contributed by atoms with Crippen LogP contribution in [0.15, 0.2) is 78.9 Å². The summed E-state index contributed by atoms with van der Waals surface area (Å²) >= 11 is 0. The van der Waals surface area contributed by atoms with Gasteiger partial charge in [0.05, 0.1) is 0 Å². The van der Waals surface area contributed by atoms with E-state index in [-0.39, 0.29) is 18.4 Å². The van der Waals surface area contributed by atoms with Crippen LogP contribution in [-0.2, 0) is 9.59 Å². The summed E-state index contributed by atoms with van der Waals surface area (Å²) in [7, 11) is 0. The fourth-order valence-corrected chi connectivity index (χ4v) is 4.08. The lowest BCUT2D eigenvalue weighted by molar-refractivity contribution is -0.127. The molecule has 156 valence electrons. The van der Waals surface area contributed by atoms with Gasteiger partial charge in [0.25, 0.3) is 5.91 Å². The Bertz CT molecular complexity index is 1150. The molecule has 1 atom stereocenters.